The lowest BCUT2D eigenvalue weighted by molar-refractivity contribution is 0.317. The molecule has 2 N–H and O–H groups in total. The molecule has 3 aromatic rings. The Morgan fingerprint density at radius 1 is 1.21 bits per heavy atom. The van der Waals surface area contributed by atoms with Crippen LogP contribution in [0.15, 0.2) is 46.8 Å². The van der Waals surface area contributed by atoms with Crippen LogP contribution < -0.4 is 14.0 Å². The molecule has 1 unspecified atom stereocenters. The SMILES string of the molecule is CCCOc1ccc(-c2nnc(S(=O)(=O)NCP(=O)(O)Oc3ccc(C#N)c(F)c3)s2)cc1. The average Bonchev–Trinajstić information content (AvgIpc) is 3.28. The maximum Gasteiger partial charge on any atom is 0.391 e. The summed E-state index contributed by atoms with van der Waals surface area (Å²) < 4.78 is 62.7. The predicted octanol–water partition coefficient (Wildman–Crippen LogP) is 3.50. The second-order valence-corrected chi connectivity index (χ2v) is 11.2. The van der Waals surface area contributed by atoms with Gasteiger partial charge in [-0.2, -0.15) is 9.98 Å². The highest BCUT2D eigenvalue weighted by molar-refractivity contribution is 7.91. The Hall–Kier alpha value is -2.88. The summed E-state index contributed by atoms with van der Waals surface area (Å²) in [5, 5.41) is 16.5. The minimum absolute atomic E-state index is 0.272. The standard InChI is InChI=1S/C19H18FN4O6PS2/c1-2-9-29-15-6-3-13(4-7-15)18-23-24-19(32-18)33(27,28)22-12-31(25,26)30-16-8-5-14(11-21)17(20)10-16/h3-8,10,22H,2,9,12H2,1H3,(H,25,26). The number of aromatic nitrogens is 2. The number of nitrogens with one attached hydrogen (secondary N) is 1. The van der Waals surface area contributed by atoms with E-state index in [4.69, 9.17) is 14.5 Å². The van der Waals surface area contributed by atoms with E-state index in [9.17, 15) is 22.3 Å². The number of ether oxygens (including phenoxy) is 1. The fourth-order valence-corrected chi connectivity index (χ4v) is 5.96. The number of hydrogen-bond donors (Lipinski definition) is 2. The van der Waals surface area contributed by atoms with Gasteiger partial charge in [0.25, 0.3) is 10.0 Å². The zero-order valence-electron chi connectivity index (χ0n) is 17.1. The van der Waals surface area contributed by atoms with E-state index < -0.39 is 34.1 Å². The molecule has 0 aliphatic rings. The smallest absolute Gasteiger partial charge is 0.391 e. The van der Waals surface area contributed by atoms with E-state index >= 15 is 0 Å². The minimum atomic E-state index is -4.54. The topological polar surface area (TPSA) is 152 Å². The van der Waals surface area contributed by atoms with E-state index in [1.54, 1.807) is 30.3 Å². The fraction of sp³-hybridized carbons (Fsp3) is 0.211. The summed E-state index contributed by atoms with van der Waals surface area (Å²) in [7, 11) is -8.81. The fourth-order valence-electron chi connectivity index (χ4n) is 2.42. The van der Waals surface area contributed by atoms with Gasteiger partial charge >= 0.3 is 7.60 Å². The van der Waals surface area contributed by atoms with Crippen molar-refractivity contribution in [2.24, 2.45) is 0 Å². The summed E-state index contributed by atoms with van der Waals surface area (Å²) in [5.74, 6) is -0.608. The molecule has 3 rings (SSSR count). The lowest BCUT2D eigenvalue weighted by atomic mass is 10.2. The molecular formula is C19H18FN4O6PS2. The normalized spacial score (nSPS) is 13.2. The second-order valence-electron chi connectivity index (χ2n) is 6.53. The van der Waals surface area contributed by atoms with Crippen LogP contribution in [0.5, 0.6) is 11.5 Å². The van der Waals surface area contributed by atoms with Gasteiger partial charge in [-0.3, -0.25) is 0 Å². The summed E-state index contributed by atoms with van der Waals surface area (Å²) in [4.78, 5) is 9.94. The Labute approximate surface area is 193 Å². The number of benzene rings is 2. The molecule has 1 atom stereocenters. The van der Waals surface area contributed by atoms with Crippen LogP contribution in [-0.4, -0.2) is 36.4 Å². The van der Waals surface area contributed by atoms with Gasteiger partial charge < -0.3 is 14.2 Å². The summed E-state index contributed by atoms with van der Waals surface area (Å²) in [6, 6.07) is 11.4. The number of nitrogens with zero attached hydrogens (tertiary/aromatic N) is 3. The van der Waals surface area contributed by atoms with E-state index in [1.807, 2.05) is 11.6 Å². The molecule has 0 radical (unpaired) electrons. The molecule has 0 saturated carbocycles. The van der Waals surface area contributed by atoms with E-state index in [0.717, 1.165) is 36.0 Å². The maximum atomic E-state index is 13.6. The Bertz CT molecular complexity index is 1320. The predicted molar refractivity (Wildman–Crippen MR) is 118 cm³/mol. The Morgan fingerprint density at radius 2 is 1.91 bits per heavy atom. The number of nitriles is 1. The van der Waals surface area contributed by atoms with Crippen LogP contribution in [0.4, 0.5) is 4.39 Å². The van der Waals surface area contributed by atoms with Crippen molar-refractivity contribution in [1.82, 2.24) is 14.9 Å². The van der Waals surface area contributed by atoms with E-state index in [1.165, 1.54) is 0 Å². The highest BCUT2D eigenvalue weighted by Gasteiger charge is 2.28. The highest BCUT2D eigenvalue weighted by atomic mass is 32.2. The van der Waals surface area contributed by atoms with E-state index in [0.29, 0.717) is 22.9 Å². The van der Waals surface area contributed by atoms with Crippen LogP contribution in [-0.2, 0) is 14.6 Å². The molecule has 2 aromatic carbocycles. The first kappa shape index (κ1) is 24.8. The summed E-state index contributed by atoms with van der Waals surface area (Å²) >= 11 is 0.771. The molecule has 0 aliphatic carbocycles. The van der Waals surface area contributed by atoms with Crippen LogP contribution in [0.25, 0.3) is 10.6 Å². The molecule has 0 bridgehead atoms. The molecule has 10 nitrogen and oxygen atoms in total. The van der Waals surface area contributed by atoms with Crippen molar-refractivity contribution in [2.45, 2.75) is 17.7 Å². The lowest BCUT2D eigenvalue weighted by Crippen LogP contribution is -2.25. The Morgan fingerprint density at radius 3 is 2.55 bits per heavy atom. The van der Waals surface area contributed by atoms with E-state index in [-0.39, 0.29) is 11.3 Å². The number of sulfonamides is 1. The van der Waals surface area contributed by atoms with Gasteiger partial charge in [0.05, 0.1) is 12.2 Å². The first-order chi connectivity index (χ1) is 15.6. The van der Waals surface area contributed by atoms with Crippen molar-refractivity contribution in [2.75, 3.05) is 12.9 Å². The third kappa shape index (κ3) is 6.56. The molecule has 0 aliphatic heterocycles. The van der Waals surface area contributed by atoms with Crippen molar-refractivity contribution < 1.29 is 31.5 Å². The molecule has 0 spiro atoms. The summed E-state index contributed by atoms with van der Waals surface area (Å²) in [6.07, 6.45) is -0.127. The van der Waals surface area contributed by atoms with Crippen molar-refractivity contribution in [3.8, 4) is 28.1 Å². The largest absolute Gasteiger partial charge is 0.494 e. The summed E-state index contributed by atoms with van der Waals surface area (Å²) in [5.41, 5.74) is 0.350. The molecule has 33 heavy (non-hydrogen) atoms. The van der Waals surface area contributed by atoms with Gasteiger partial charge in [-0.1, -0.05) is 18.3 Å². The molecular weight excluding hydrogens is 494 g/mol. The molecule has 14 heteroatoms. The van der Waals surface area contributed by atoms with Crippen molar-refractivity contribution in [1.29, 1.82) is 5.26 Å². The zero-order valence-corrected chi connectivity index (χ0v) is 19.7. The zero-order chi connectivity index (χ0) is 24.1. The van der Waals surface area contributed by atoms with Gasteiger partial charge in [0.2, 0.25) is 4.34 Å². The van der Waals surface area contributed by atoms with Crippen LogP contribution >= 0.6 is 18.9 Å². The molecule has 0 saturated heterocycles. The van der Waals surface area contributed by atoms with E-state index in [2.05, 4.69) is 10.2 Å². The number of halogens is 1. The highest BCUT2D eigenvalue weighted by Crippen LogP contribution is 2.42. The number of rotatable bonds is 10. The maximum absolute atomic E-state index is 13.6. The monoisotopic (exact) mass is 512 g/mol. The second kappa shape index (κ2) is 10.4. The van der Waals surface area contributed by atoms with Crippen molar-refractivity contribution >= 4 is 29.0 Å². The van der Waals surface area contributed by atoms with Crippen LogP contribution in [0.3, 0.4) is 0 Å². The van der Waals surface area contributed by atoms with Crippen molar-refractivity contribution in [3.63, 3.8) is 0 Å². The van der Waals surface area contributed by atoms with Crippen LogP contribution in [0.2, 0.25) is 0 Å². The molecule has 0 fully saturated rings. The lowest BCUT2D eigenvalue weighted by Gasteiger charge is -2.13. The third-order valence-corrected chi connectivity index (χ3v) is 7.98. The van der Waals surface area contributed by atoms with Crippen LogP contribution in [0.1, 0.15) is 18.9 Å². The average molecular weight is 512 g/mol. The van der Waals surface area contributed by atoms with Gasteiger partial charge in [0.15, 0.2) is 0 Å². The van der Waals surface area contributed by atoms with Gasteiger partial charge in [-0.05, 0) is 42.8 Å². The molecule has 1 aromatic heterocycles. The quantitative estimate of drug-likeness (QED) is 0.389. The molecule has 1 heterocycles. The molecule has 174 valence electrons. The Kier molecular flexibility index (Phi) is 7.78. The van der Waals surface area contributed by atoms with Gasteiger partial charge in [-0.15, -0.1) is 10.2 Å². The third-order valence-electron chi connectivity index (χ3n) is 3.97. The van der Waals surface area contributed by atoms with Gasteiger partial charge in [0, 0.05) is 11.6 Å². The summed E-state index contributed by atoms with van der Waals surface area (Å²) in [6.45, 7) is 2.56. The first-order valence-electron chi connectivity index (χ1n) is 9.41. The number of hydrogen-bond acceptors (Lipinski definition) is 9. The Balaban J connectivity index is 1.66. The van der Waals surface area contributed by atoms with Crippen molar-refractivity contribution in [3.05, 3.63) is 53.8 Å². The first-order valence-corrected chi connectivity index (χ1v) is 13.5. The minimum Gasteiger partial charge on any atom is -0.494 e. The van der Waals surface area contributed by atoms with Gasteiger partial charge in [-0.25, -0.2) is 17.4 Å². The van der Waals surface area contributed by atoms with Crippen LogP contribution in [0, 0.1) is 17.1 Å². The molecule has 0 amide bonds. The van der Waals surface area contributed by atoms with Gasteiger partial charge in [0.1, 0.15) is 34.7 Å².